The fourth-order valence-electron chi connectivity index (χ4n) is 1.67. The molecule has 0 aromatic heterocycles. The van der Waals surface area contributed by atoms with Gasteiger partial charge in [-0.05, 0) is 6.42 Å². The number of rotatable bonds is 4. The van der Waals surface area contributed by atoms with Crippen LogP contribution in [0.3, 0.4) is 0 Å². The molecule has 112 valence electrons. The van der Waals surface area contributed by atoms with Crippen LogP contribution < -0.4 is 4.74 Å². The van der Waals surface area contributed by atoms with Gasteiger partial charge in [-0.1, -0.05) is 58.0 Å². The predicted octanol–water partition coefficient (Wildman–Crippen LogP) is 5.49. The molecule has 1 saturated heterocycles. The fraction of sp³-hybridized carbons (Fsp3) is 0.500. The third kappa shape index (κ3) is 3.77. The molecule has 0 amide bonds. The molecule has 1 aliphatic heterocycles. The molecule has 20 heavy (non-hydrogen) atoms. The van der Waals surface area contributed by atoms with Gasteiger partial charge in [-0.25, -0.2) is 0 Å². The van der Waals surface area contributed by atoms with Crippen molar-refractivity contribution in [3.8, 4) is 5.75 Å². The molecule has 2 rings (SSSR count). The minimum Gasteiger partial charge on any atom is -0.490 e. The first-order chi connectivity index (χ1) is 9.52. The summed E-state index contributed by atoms with van der Waals surface area (Å²) in [5.41, 5.74) is 0. The quantitative estimate of drug-likeness (QED) is 0.511. The van der Waals surface area contributed by atoms with Crippen LogP contribution in [0.1, 0.15) is 12.8 Å². The van der Waals surface area contributed by atoms with Crippen LogP contribution in [0.5, 0.6) is 5.75 Å². The topological polar surface area (TPSA) is 27.7 Å². The van der Waals surface area contributed by atoms with Crippen molar-refractivity contribution in [1.29, 1.82) is 0 Å². The average molecular weight is 380 g/mol. The molecule has 0 N–H and O–H groups in total. The zero-order valence-corrected chi connectivity index (χ0v) is 14.0. The SMILES string of the molecule is Clc1c(Cl)c(Cl)c(OCCC2OCCCO2)c(Cl)c1Cl. The average Bonchev–Trinajstić information content (AvgIpc) is 2.48. The maximum absolute atomic E-state index is 6.05. The van der Waals surface area contributed by atoms with E-state index in [-0.39, 0.29) is 37.2 Å². The smallest absolute Gasteiger partial charge is 0.160 e. The van der Waals surface area contributed by atoms with Gasteiger partial charge in [-0.15, -0.1) is 0 Å². The fourth-order valence-corrected chi connectivity index (χ4v) is 2.90. The van der Waals surface area contributed by atoms with Gasteiger partial charge in [0.15, 0.2) is 12.0 Å². The molecule has 0 saturated carbocycles. The maximum atomic E-state index is 6.05. The van der Waals surface area contributed by atoms with E-state index in [1.54, 1.807) is 0 Å². The van der Waals surface area contributed by atoms with Crippen molar-refractivity contribution in [2.24, 2.45) is 0 Å². The molecule has 1 aromatic carbocycles. The van der Waals surface area contributed by atoms with Crippen LogP contribution in [0.2, 0.25) is 25.1 Å². The maximum Gasteiger partial charge on any atom is 0.160 e. The highest BCUT2D eigenvalue weighted by Gasteiger charge is 2.21. The van der Waals surface area contributed by atoms with Crippen molar-refractivity contribution in [2.75, 3.05) is 19.8 Å². The molecule has 0 atom stereocenters. The molecule has 8 heteroatoms. The molecule has 0 spiro atoms. The first-order valence-electron chi connectivity index (χ1n) is 5.89. The third-order valence-corrected chi connectivity index (χ3v) is 4.91. The number of benzene rings is 1. The Morgan fingerprint density at radius 3 is 1.90 bits per heavy atom. The Kier molecular flexibility index (Phi) is 6.36. The number of halogens is 5. The molecule has 1 heterocycles. The Labute approximate surface area is 141 Å². The van der Waals surface area contributed by atoms with Gasteiger partial charge >= 0.3 is 0 Å². The molecule has 1 aromatic rings. The summed E-state index contributed by atoms with van der Waals surface area (Å²) in [4.78, 5) is 0. The van der Waals surface area contributed by atoms with Crippen molar-refractivity contribution < 1.29 is 14.2 Å². The van der Waals surface area contributed by atoms with E-state index in [4.69, 9.17) is 72.2 Å². The lowest BCUT2D eigenvalue weighted by atomic mass is 10.3. The largest absolute Gasteiger partial charge is 0.490 e. The van der Waals surface area contributed by atoms with Gasteiger partial charge in [-0.3, -0.25) is 0 Å². The van der Waals surface area contributed by atoms with E-state index < -0.39 is 0 Å². The first-order valence-corrected chi connectivity index (χ1v) is 7.78. The van der Waals surface area contributed by atoms with Crippen LogP contribution in [-0.4, -0.2) is 26.1 Å². The Hall–Kier alpha value is 0.390. The summed E-state index contributed by atoms with van der Waals surface area (Å²) < 4.78 is 16.3. The lowest BCUT2D eigenvalue weighted by Gasteiger charge is -2.23. The van der Waals surface area contributed by atoms with Crippen LogP contribution >= 0.6 is 58.0 Å². The van der Waals surface area contributed by atoms with Gasteiger partial charge in [0.1, 0.15) is 10.0 Å². The molecule has 0 bridgehead atoms. The van der Waals surface area contributed by atoms with E-state index in [9.17, 15) is 0 Å². The van der Waals surface area contributed by atoms with E-state index in [1.165, 1.54) is 0 Å². The molecule has 0 aliphatic carbocycles. The van der Waals surface area contributed by atoms with Crippen molar-refractivity contribution in [3.05, 3.63) is 25.1 Å². The lowest BCUT2D eigenvalue weighted by Crippen LogP contribution is -2.26. The highest BCUT2D eigenvalue weighted by atomic mass is 35.5. The number of ether oxygens (including phenoxy) is 3. The number of hydrogen-bond acceptors (Lipinski definition) is 3. The van der Waals surface area contributed by atoms with Crippen LogP contribution in [0.25, 0.3) is 0 Å². The molecule has 1 aliphatic rings. The van der Waals surface area contributed by atoms with E-state index in [2.05, 4.69) is 0 Å². The second kappa shape index (κ2) is 7.59. The second-order valence-corrected chi connectivity index (χ2v) is 5.95. The Morgan fingerprint density at radius 2 is 1.35 bits per heavy atom. The standard InChI is InChI=1S/C12H11Cl5O3/c13-7-8(14)10(16)12(11(17)9(7)15)20-5-2-6-18-3-1-4-19-6/h6H,1-5H2. The minimum atomic E-state index is -0.278. The van der Waals surface area contributed by atoms with Gasteiger partial charge in [0.25, 0.3) is 0 Å². The summed E-state index contributed by atoms with van der Waals surface area (Å²) in [6, 6.07) is 0. The van der Waals surface area contributed by atoms with E-state index in [0.29, 0.717) is 26.2 Å². The Bertz CT molecular complexity index is 459. The molecular weight excluding hydrogens is 369 g/mol. The monoisotopic (exact) mass is 378 g/mol. The zero-order chi connectivity index (χ0) is 14.7. The third-order valence-electron chi connectivity index (χ3n) is 2.67. The van der Waals surface area contributed by atoms with Crippen LogP contribution in [0.4, 0.5) is 0 Å². The summed E-state index contributed by atoms with van der Waals surface area (Å²) in [7, 11) is 0. The Morgan fingerprint density at radius 1 is 0.850 bits per heavy atom. The van der Waals surface area contributed by atoms with Crippen LogP contribution in [0.15, 0.2) is 0 Å². The highest BCUT2D eigenvalue weighted by molar-refractivity contribution is 6.55. The van der Waals surface area contributed by atoms with Crippen molar-refractivity contribution in [3.63, 3.8) is 0 Å². The summed E-state index contributed by atoms with van der Waals surface area (Å²) in [6.07, 6.45) is 1.17. The highest BCUT2D eigenvalue weighted by Crippen LogP contribution is 2.48. The molecule has 0 unspecified atom stereocenters. The van der Waals surface area contributed by atoms with Gasteiger partial charge in [0, 0.05) is 6.42 Å². The van der Waals surface area contributed by atoms with E-state index >= 15 is 0 Å². The predicted molar refractivity (Wildman–Crippen MR) is 81.9 cm³/mol. The van der Waals surface area contributed by atoms with Crippen LogP contribution in [0, 0.1) is 0 Å². The van der Waals surface area contributed by atoms with Gasteiger partial charge in [0.2, 0.25) is 0 Å². The van der Waals surface area contributed by atoms with Crippen molar-refractivity contribution in [1.82, 2.24) is 0 Å². The second-order valence-electron chi connectivity index (χ2n) is 4.06. The lowest BCUT2D eigenvalue weighted by molar-refractivity contribution is -0.183. The molecule has 3 nitrogen and oxygen atoms in total. The van der Waals surface area contributed by atoms with Gasteiger partial charge in [0.05, 0.1) is 34.9 Å². The van der Waals surface area contributed by atoms with Crippen molar-refractivity contribution in [2.45, 2.75) is 19.1 Å². The number of hydrogen-bond donors (Lipinski definition) is 0. The summed E-state index contributed by atoms with van der Waals surface area (Å²) in [5, 5.41) is 0.605. The molecule has 1 fully saturated rings. The normalized spacial score (nSPS) is 16.4. The van der Waals surface area contributed by atoms with Gasteiger partial charge < -0.3 is 14.2 Å². The summed E-state index contributed by atoms with van der Waals surface area (Å²) in [5.74, 6) is 0.212. The van der Waals surface area contributed by atoms with Crippen LogP contribution in [-0.2, 0) is 9.47 Å². The summed E-state index contributed by atoms with van der Waals surface area (Å²) in [6.45, 7) is 1.67. The van der Waals surface area contributed by atoms with Gasteiger partial charge in [-0.2, -0.15) is 0 Å². The first kappa shape index (κ1) is 16.8. The van der Waals surface area contributed by atoms with E-state index in [1.807, 2.05) is 0 Å². The van der Waals surface area contributed by atoms with Crippen molar-refractivity contribution >= 4 is 58.0 Å². The zero-order valence-electron chi connectivity index (χ0n) is 10.2. The Balaban J connectivity index is 2.02. The summed E-state index contributed by atoms with van der Waals surface area (Å²) >= 11 is 29.9. The molecule has 0 radical (unpaired) electrons. The minimum absolute atomic E-state index is 0.106. The van der Waals surface area contributed by atoms with E-state index in [0.717, 1.165) is 6.42 Å². The molecular formula is C12H11Cl5O3.